The van der Waals surface area contributed by atoms with Gasteiger partial charge in [-0.3, -0.25) is 9.97 Å². The smallest absolute Gasteiger partial charge is 0.168 e. The topological polar surface area (TPSA) is 33.5 Å². The molecule has 0 aliphatic rings. The summed E-state index contributed by atoms with van der Waals surface area (Å²) >= 11 is 0. The SMILES string of the molecule is C[n+]1ccc(CCCCCCCCCCCCc2cc[n+](C)cc2)cc1.[I-].[I-].c1cc(CCCCCCCCCCCCc2ccncc2)ccn1. The minimum absolute atomic E-state index is 0. The van der Waals surface area contributed by atoms with Crippen LogP contribution in [0.5, 0.6) is 0 Å². The third-order valence-electron chi connectivity index (χ3n) is 9.96. The number of rotatable bonds is 26. The lowest BCUT2D eigenvalue weighted by molar-refractivity contribution is -0.671. The number of hydrogen-bond donors (Lipinski definition) is 0. The summed E-state index contributed by atoms with van der Waals surface area (Å²) in [5.41, 5.74) is 5.81. The van der Waals surface area contributed by atoms with E-state index in [2.05, 4.69) is 107 Å². The van der Waals surface area contributed by atoms with E-state index >= 15 is 0 Å². The molecule has 288 valence electrons. The number of halogens is 2. The van der Waals surface area contributed by atoms with Gasteiger partial charge >= 0.3 is 0 Å². The molecule has 6 heteroatoms. The third kappa shape index (κ3) is 25.9. The van der Waals surface area contributed by atoms with Crippen molar-refractivity contribution >= 4 is 0 Å². The minimum Gasteiger partial charge on any atom is -1.00 e. The van der Waals surface area contributed by atoms with Gasteiger partial charge in [-0.1, -0.05) is 103 Å². The molecule has 4 heterocycles. The highest BCUT2D eigenvalue weighted by molar-refractivity contribution is 5.10. The van der Waals surface area contributed by atoms with Crippen LogP contribution in [0.3, 0.4) is 0 Å². The maximum Gasteiger partial charge on any atom is 0.168 e. The Balaban J connectivity index is 0.000000502. The van der Waals surface area contributed by atoms with Crippen LogP contribution in [-0.2, 0) is 39.8 Å². The van der Waals surface area contributed by atoms with Crippen LogP contribution in [0.15, 0.2) is 98.1 Å². The zero-order valence-corrected chi connectivity index (χ0v) is 37.1. The average Bonchev–Trinajstić information content (AvgIpc) is 3.15. The largest absolute Gasteiger partial charge is 1.00 e. The minimum atomic E-state index is 0. The Bertz CT molecular complexity index is 1210. The van der Waals surface area contributed by atoms with E-state index in [0.29, 0.717) is 0 Å². The van der Waals surface area contributed by atoms with Crippen LogP contribution in [0.1, 0.15) is 151 Å². The second-order valence-electron chi connectivity index (χ2n) is 14.5. The Morgan fingerprint density at radius 2 is 0.500 bits per heavy atom. The van der Waals surface area contributed by atoms with Gasteiger partial charge in [-0.25, -0.2) is 9.13 Å². The van der Waals surface area contributed by atoms with Gasteiger partial charge < -0.3 is 48.0 Å². The van der Waals surface area contributed by atoms with Crippen molar-refractivity contribution < 1.29 is 57.1 Å². The van der Waals surface area contributed by atoms with Crippen molar-refractivity contribution in [2.24, 2.45) is 14.1 Å². The first-order chi connectivity index (χ1) is 24.7. The van der Waals surface area contributed by atoms with E-state index in [0.717, 1.165) is 0 Å². The maximum absolute atomic E-state index is 4.06. The van der Waals surface area contributed by atoms with Crippen LogP contribution in [0, 0.1) is 0 Å². The van der Waals surface area contributed by atoms with Crippen LogP contribution < -0.4 is 57.1 Å². The number of unbranched alkanes of at least 4 members (excludes halogenated alkanes) is 18. The molecule has 0 aromatic carbocycles. The van der Waals surface area contributed by atoms with Gasteiger partial charge in [-0.05, 0) is 97.9 Å². The summed E-state index contributed by atoms with van der Waals surface area (Å²) < 4.78 is 4.20. The van der Waals surface area contributed by atoms with Crippen molar-refractivity contribution in [2.45, 2.75) is 154 Å². The fraction of sp³-hybridized carbons (Fsp3) is 0.565. The summed E-state index contributed by atoms with van der Waals surface area (Å²) in [6.07, 6.45) is 48.8. The number of hydrogen-bond acceptors (Lipinski definition) is 2. The maximum atomic E-state index is 4.06. The highest BCUT2D eigenvalue weighted by Gasteiger charge is 2.00. The lowest BCUT2D eigenvalue weighted by Crippen LogP contribution is -3.00. The third-order valence-corrected chi connectivity index (χ3v) is 9.96. The van der Waals surface area contributed by atoms with E-state index in [1.54, 1.807) is 0 Å². The van der Waals surface area contributed by atoms with Gasteiger partial charge in [-0.2, -0.15) is 0 Å². The highest BCUT2D eigenvalue weighted by Crippen LogP contribution is 2.15. The van der Waals surface area contributed by atoms with Crippen molar-refractivity contribution in [1.29, 1.82) is 0 Å². The van der Waals surface area contributed by atoms with Crippen molar-refractivity contribution in [3.05, 3.63) is 120 Å². The van der Waals surface area contributed by atoms with Gasteiger partial charge in [0, 0.05) is 49.1 Å². The van der Waals surface area contributed by atoms with Crippen LogP contribution >= 0.6 is 0 Å². The van der Waals surface area contributed by atoms with E-state index < -0.39 is 0 Å². The molecular weight excluding hydrogens is 862 g/mol. The van der Waals surface area contributed by atoms with Crippen LogP contribution in [0.2, 0.25) is 0 Å². The average molecular weight is 933 g/mol. The molecule has 0 spiro atoms. The second-order valence-corrected chi connectivity index (χ2v) is 14.5. The molecule has 0 saturated carbocycles. The van der Waals surface area contributed by atoms with E-state index in [-0.39, 0.29) is 48.0 Å². The summed E-state index contributed by atoms with van der Waals surface area (Å²) in [6, 6.07) is 17.5. The first kappa shape index (κ1) is 48.1. The monoisotopic (exact) mass is 932 g/mol. The lowest BCUT2D eigenvalue weighted by Gasteiger charge is -2.04. The van der Waals surface area contributed by atoms with Crippen molar-refractivity contribution in [1.82, 2.24) is 9.97 Å². The molecule has 0 atom stereocenters. The first-order valence-corrected chi connectivity index (χ1v) is 20.4. The van der Waals surface area contributed by atoms with Crippen molar-refractivity contribution in [3.63, 3.8) is 0 Å². The summed E-state index contributed by atoms with van der Waals surface area (Å²) in [7, 11) is 4.15. The fourth-order valence-corrected chi connectivity index (χ4v) is 6.64. The summed E-state index contributed by atoms with van der Waals surface area (Å²) in [4.78, 5) is 8.13. The summed E-state index contributed by atoms with van der Waals surface area (Å²) in [6.45, 7) is 0. The van der Waals surface area contributed by atoms with Crippen LogP contribution in [0.4, 0.5) is 0 Å². The van der Waals surface area contributed by atoms with E-state index in [4.69, 9.17) is 0 Å². The van der Waals surface area contributed by atoms with Gasteiger partial charge in [0.2, 0.25) is 0 Å². The molecule has 0 bridgehead atoms. The molecular formula is C46H70I2N4. The van der Waals surface area contributed by atoms with Gasteiger partial charge in [0.05, 0.1) is 0 Å². The molecule has 0 radical (unpaired) electrons. The summed E-state index contributed by atoms with van der Waals surface area (Å²) in [5.74, 6) is 0. The highest BCUT2D eigenvalue weighted by atomic mass is 127. The number of aromatic nitrogens is 4. The Hall–Kier alpha value is -1.94. The van der Waals surface area contributed by atoms with Crippen LogP contribution in [-0.4, -0.2) is 9.97 Å². The lowest BCUT2D eigenvalue weighted by atomic mass is 10.0. The van der Waals surface area contributed by atoms with Crippen molar-refractivity contribution in [2.75, 3.05) is 0 Å². The predicted molar refractivity (Wildman–Crippen MR) is 211 cm³/mol. The molecule has 0 aliphatic carbocycles. The number of aryl methyl sites for hydroxylation is 6. The molecule has 4 nitrogen and oxygen atoms in total. The molecule has 4 aromatic rings. The molecule has 52 heavy (non-hydrogen) atoms. The Morgan fingerprint density at radius 3 is 0.731 bits per heavy atom. The van der Waals surface area contributed by atoms with Crippen molar-refractivity contribution in [3.8, 4) is 0 Å². The van der Waals surface area contributed by atoms with Gasteiger partial charge in [0.15, 0.2) is 24.8 Å². The Labute approximate surface area is 353 Å². The van der Waals surface area contributed by atoms with Crippen LogP contribution in [0.25, 0.3) is 0 Å². The Kier molecular flexibility index (Phi) is 31.1. The zero-order chi connectivity index (χ0) is 35.2. The second kappa shape index (κ2) is 33.6. The molecule has 0 amide bonds. The standard InChI is InChI=1S/C24H38N2.C22H32N2.2HI/c1-25-19-15-23(16-20-25)13-11-9-7-5-3-4-6-8-10-12-14-24-17-21-26(2)22-18-24;1(3-5-7-9-11-21-13-17-23-18-14-21)2-4-6-8-10-12-22-15-19-24-20-16-22;;/h15-22H,3-14H2,1-2H3;13-20H,1-12H2;2*1H/q+2;;;/p-2. The Morgan fingerprint density at radius 1 is 0.308 bits per heavy atom. The van der Waals surface area contributed by atoms with E-state index in [9.17, 15) is 0 Å². The number of pyridine rings is 4. The van der Waals surface area contributed by atoms with E-state index in [1.165, 1.54) is 176 Å². The molecule has 0 saturated heterocycles. The molecule has 0 aliphatic heterocycles. The fourth-order valence-electron chi connectivity index (χ4n) is 6.64. The molecule has 4 rings (SSSR count). The zero-order valence-electron chi connectivity index (χ0n) is 32.8. The van der Waals surface area contributed by atoms with Gasteiger partial charge in [0.1, 0.15) is 14.1 Å². The van der Waals surface area contributed by atoms with Gasteiger partial charge in [-0.15, -0.1) is 0 Å². The van der Waals surface area contributed by atoms with Gasteiger partial charge in [0.25, 0.3) is 0 Å². The number of nitrogens with zero attached hydrogens (tertiary/aromatic N) is 4. The molecule has 4 aromatic heterocycles. The molecule has 0 unspecified atom stereocenters. The predicted octanol–water partition coefficient (Wildman–Crippen LogP) is 5.19. The summed E-state index contributed by atoms with van der Waals surface area (Å²) in [5, 5.41) is 0. The first-order valence-electron chi connectivity index (χ1n) is 20.4. The van der Waals surface area contributed by atoms with E-state index in [1.807, 2.05) is 24.8 Å². The quantitative estimate of drug-likeness (QED) is 0.0494. The molecule has 0 N–H and O–H groups in total. The molecule has 0 fully saturated rings. The normalized spacial score (nSPS) is 10.5.